The molecule has 0 saturated heterocycles. The number of ether oxygens (including phenoxy) is 1. The number of hydrogen-bond acceptors (Lipinski definition) is 3. The van der Waals surface area contributed by atoms with Gasteiger partial charge in [-0.2, -0.15) is 13.2 Å². The molecular formula is C17H14BrF3N2O2S. The third kappa shape index (κ3) is 5.43. The molecule has 9 heteroatoms. The number of rotatable bonds is 4. The van der Waals surface area contributed by atoms with E-state index in [9.17, 15) is 18.0 Å². The van der Waals surface area contributed by atoms with E-state index in [1.54, 1.807) is 25.1 Å². The minimum absolute atomic E-state index is 0.115. The van der Waals surface area contributed by atoms with Crippen LogP contribution in [0.25, 0.3) is 0 Å². The second kappa shape index (κ2) is 8.50. The highest BCUT2D eigenvalue weighted by atomic mass is 79.9. The van der Waals surface area contributed by atoms with Gasteiger partial charge in [0.05, 0.1) is 17.7 Å². The summed E-state index contributed by atoms with van der Waals surface area (Å²) in [5.74, 6) is -0.172. The van der Waals surface area contributed by atoms with Crippen LogP contribution >= 0.6 is 28.1 Å². The van der Waals surface area contributed by atoms with E-state index in [2.05, 4.69) is 26.6 Å². The number of amides is 1. The van der Waals surface area contributed by atoms with Gasteiger partial charge in [0.25, 0.3) is 5.91 Å². The number of halogens is 4. The molecule has 0 unspecified atom stereocenters. The molecule has 0 radical (unpaired) electrons. The van der Waals surface area contributed by atoms with Gasteiger partial charge in [-0.3, -0.25) is 10.1 Å². The third-order valence-corrected chi connectivity index (χ3v) is 3.86. The highest BCUT2D eigenvalue weighted by Crippen LogP contribution is 2.30. The van der Waals surface area contributed by atoms with Crippen molar-refractivity contribution in [3.63, 3.8) is 0 Å². The van der Waals surface area contributed by atoms with Crippen LogP contribution < -0.4 is 15.4 Å². The van der Waals surface area contributed by atoms with E-state index in [1.165, 1.54) is 12.1 Å². The van der Waals surface area contributed by atoms with Gasteiger partial charge in [-0.25, -0.2) is 0 Å². The van der Waals surface area contributed by atoms with Gasteiger partial charge in [0.2, 0.25) is 0 Å². The maximum absolute atomic E-state index is 12.7. The molecule has 0 fully saturated rings. The second-order valence-electron chi connectivity index (χ2n) is 5.06. The van der Waals surface area contributed by atoms with Gasteiger partial charge in [-0.05, 0) is 55.5 Å². The van der Waals surface area contributed by atoms with Crippen LogP contribution in [-0.4, -0.2) is 17.6 Å². The summed E-state index contributed by atoms with van der Waals surface area (Å²) in [6.07, 6.45) is -4.47. The zero-order valence-electron chi connectivity index (χ0n) is 13.5. The number of anilines is 1. The van der Waals surface area contributed by atoms with Crippen LogP contribution in [0.15, 0.2) is 46.9 Å². The molecule has 2 N–H and O–H groups in total. The van der Waals surface area contributed by atoms with Crippen molar-refractivity contribution in [3.8, 4) is 5.75 Å². The number of thiocarbonyl (C=S) groups is 1. The Morgan fingerprint density at radius 1 is 1.23 bits per heavy atom. The van der Waals surface area contributed by atoms with Crippen molar-refractivity contribution in [1.29, 1.82) is 0 Å². The lowest BCUT2D eigenvalue weighted by Gasteiger charge is -2.14. The smallest absolute Gasteiger partial charge is 0.416 e. The van der Waals surface area contributed by atoms with E-state index < -0.39 is 17.6 Å². The molecule has 2 aromatic carbocycles. The Morgan fingerprint density at radius 3 is 2.62 bits per heavy atom. The van der Waals surface area contributed by atoms with Crippen molar-refractivity contribution in [2.45, 2.75) is 13.1 Å². The molecule has 2 aromatic rings. The molecule has 0 atom stereocenters. The number of alkyl halides is 3. The highest BCUT2D eigenvalue weighted by molar-refractivity contribution is 9.10. The Kier molecular flexibility index (Phi) is 6.60. The Morgan fingerprint density at radius 2 is 1.96 bits per heavy atom. The van der Waals surface area contributed by atoms with Crippen molar-refractivity contribution in [3.05, 3.63) is 58.1 Å². The number of nitrogens with one attached hydrogen (secondary N) is 2. The lowest BCUT2D eigenvalue weighted by Crippen LogP contribution is -2.34. The molecule has 0 aliphatic heterocycles. The first-order valence-electron chi connectivity index (χ1n) is 7.42. The maximum atomic E-state index is 12.7. The Labute approximate surface area is 161 Å². The van der Waals surface area contributed by atoms with Crippen LogP contribution in [0.2, 0.25) is 0 Å². The molecule has 0 aromatic heterocycles. The zero-order valence-corrected chi connectivity index (χ0v) is 15.9. The van der Waals surface area contributed by atoms with E-state index in [0.29, 0.717) is 16.8 Å². The predicted molar refractivity (Wildman–Crippen MR) is 100 cm³/mol. The largest absolute Gasteiger partial charge is 0.493 e. The summed E-state index contributed by atoms with van der Waals surface area (Å²) in [5, 5.41) is 4.87. The monoisotopic (exact) mass is 446 g/mol. The average Bonchev–Trinajstić information content (AvgIpc) is 2.56. The SMILES string of the molecule is CCOc1ccc(Br)cc1C(=O)NC(=S)Nc1cccc(C(F)(F)F)c1. The van der Waals surface area contributed by atoms with Crippen LogP contribution in [0.4, 0.5) is 18.9 Å². The molecule has 2 rings (SSSR count). The van der Waals surface area contributed by atoms with Crippen molar-refractivity contribution in [1.82, 2.24) is 5.32 Å². The van der Waals surface area contributed by atoms with Crippen LogP contribution in [0.5, 0.6) is 5.75 Å². The highest BCUT2D eigenvalue weighted by Gasteiger charge is 2.30. The molecule has 0 saturated carbocycles. The fourth-order valence-corrected chi connectivity index (χ4v) is 2.64. The van der Waals surface area contributed by atoms with Gasteiger partial charge in [0.1, 0.15) is 5.75 Å². The van der Waals surface area contributed by atoms with Gasteiger partial charge in [-0.1, -0.05) is 22.0 Å². The first-order valence-corrected chi connectivity index (χ1v) is 8.62. The number of carbonyl (C=O) groups is 1. The van der Waals surface area contributed by atoms with Crippen LogP contribution in [0.1, 0.15) is 22.8 Å². The van der Waals surface area contributed by atoms with Crippen molar-refractivity contribution >= 4 is 44.9 Å². The first-order chi connectivity index (χ1) is 12.2. The Balaban J connectivity index is 2.11. The van der Waals surface area contributed by atoms with E-state index in [-0.39, 0.29) is 16.4 Å². The first kappa shape index (κ1) is 20.2. The summed E-state index contributed by atoms with van der Waals surface area (Å²) in [7, 11) is 0. The fraction of sp³-hybridized carbons (Fsp3) is 0.176. The number of hydrogen-bond donors (Lipinski definition) is 2. The molecular weight excluding hydrogens is 433 g/mol. The number of benzene rings is 2. The summed E-state index contributed by atoms with van der Waals surface area (Å²) in [6.45, 7) is 2.15. The van der Waals surface area contributed by atoms with Gasteiger partial charge >= 0.3 is 6.18 Å². The molecule has 0 aliphatic rings. The summed E-state index contributed by atoms with van der Waals surface area (Å²) >= 11 is 8.28. The van der Waals surface area contributed by atoms with Crippen molar-refractivity contribution in [2.24, 2.45) is 0 Å². The molecule has 26 heavy (non-hydrogen) atoms. The van der Waals surface area contributed by atoms with E-state index in [0.717, 1.165) is 12.1 Å². The zero-order chi connectivity index (χ0) is 19.3. The maximum Gasteiger partial charge on any atom is 0.416 e. The lowest BCUT2D eigenvalue weighted by molar-refractivity contribution is -0.137. The Hall–Kier alpha value is -2.13. The number of carbonyl (C=O) groups excluding carboxylic acids is 1. The fourth-order valence-electron chi connectivity index (χ4n) is 2.07. The van der Waals surface area contributed by atoms with Gasteiger partial charge < -0.3 is 10.1 Å². The molecule has 1 amide bonds. The van der Waals surface area contributed by atoms with E-state index in [4.69, 9.17) is 17.0 Å². The summed E-state index contributed by atoms with van der Waals surface area (Å²) in [4.78, 5) is 12.4. The summed E-state index contributed by atoms with van der Waals surface area (Å²) in [6, 6.07) is 9.43. The minimum Gasteiger partial charge on any atom is -0.493 e. The Bertz CT molecular complexity index is 828. The van der Waals surface area contributed by atoms with Gasteiger partial charge in [0, 0.05) is 10.2 Å². The van der Waals surface area contributed by atoms with E-state index in [1.807, 2.05) is 0 Å². The van der Waals surface area contributed by atoms with Crippen LogP contribution in [0.3, 0.4) is 0 Å². The topological polar surface area (TPSA) is 50.4 Å². The summed E-state index contributed by atoms with van der Waals surface area (Å²) < 4.78 is 44.3. The van der Waals surface area contributed by atoms with Crippen molar-refractivity contribution in [2.75, 3.05) is 11.9 Å². The molecule has 0 spiro atoms. The molecule has 0 aliphatic carbocycles. The normalized spacial score (nSPS) is 11.0. The molecule has 138 valence electrons. The van der Waals surface area contributed by atoms with Crippen LogP contribution in [0, 0.1) is 0 Å². The predicted octanol–water partition coefficient (Wildman–Crippen LogP) is 4.99. The summed E-state index contributed by atoms with van der Waals surface area (Å²) in [5.41, 5.74) is -0.457. The molecule has 0 bridgehead atoms. The molecule has 0 heterocycles. The second-order valence-corrected chi connectivity index (χ2v) is 6.38. The standard InChI is InChI=1S/C17H14BrF3N2O2S/c1-2-25-14-7-6-11(18)9-13(14)15(24)23-16(26)22-12-5-3-4-10(8-12)17(19,20)21/h3-9H,2H2,1H3,(H2,22,23,24,26). The van der Waals surface area contributed by atoms with Crippen molar-refractivity contribution < 1.29 is 22.7 Å². The lowest BCUT2D eigenvalue weighted by atomic mass is 10.2. The van der Waals surface area contributed by atoms with Gasteiger partial charge in [0.15, 0.2) is 5.11 Å². The van der Waals surface area contributed by atoms with E-state index >= 15 is 0 Å². The minimum atomic E-state index is -4.47. The molecule has 4 nitrogen and oxygen atoms in total. The average molecular weight is 447 g/mol. The van der Waals surface area contributed by atoms with Gasteiger partial charge in [-0.15, -0.1) is 0 Å². The quantitative estimate of drug-likeness (QED) is 0.649. The third-order valence-electron chi connectivity index (χ3n) is 3.16. The van der Waals surface area contributed by atoms with Crippen LogP contribution in [-0.2, 0) is 6.18 Å².